The maximum absolute atomic E-state index is 12.0. The first-order valence-corrected chi connectivity index (χ1v) is 7.71. The van der Waals surface area contributed by atoms with Gasteiger partial charge in [-0.2, -0.15) is 11.3 Å². The van der Waals surface area contributed by atoms with Gasteiger partial charge < -0.3 is 10.4 Å². The van der Waals surface area contributed by atoms with E-state index in [2.05, 4.69) is 17.2 Å². The van der Waals surface area contributed by atoms with E-state index in [1.54, 1.807) is 29.5 Å². The zero-order valence-corrected chi connectivity index (χ0v) is 12.8. The van der Waals surface area contributed by atoms with Crippen LogP contribution in [-0.2, 0) is 11.2 Å². The van der Waals surface area contributed by atoms with Crippen LogP contribution in [0.15, 0.2) is 35.0 Å². The molecule has 0 bridgehead atoms. The highest BCUT2D eigenvalue weighted by Gasteiger charge is 2.07. The fourth-order valence-corrected chi connectivity index (χ4v) is 2.53. The molecule has 0 radical (unpaired) electrons. The first-order chi connectivity index (χ1) is 10.2. The number of hydrogen-bond acceptors (Lipinski definition) is 3. The predicted molar refractivity (Wildman–Crippen MR) is 86.7 cm³/mol. The van der Waals surface area contributed by atoms with Crippen molar-refractivity contribution >= 4 is 34.5 Å². The first-order valence-electron chi connectivity index (χ1n) is 6.39. The van der Waals surface area contributed by atoms with E-state index in [-0.39, 0.29) is 12.5 Å². The van der Waals surface area contributed by atoms with Gasteiger partial charge in [0.2, 0.25) is 5.91 Å². The third kappa shape index (κ3) is 4.91. The molecular formula is C16H14ClNO2S. The van der Waals surface area contributed by atoms with Crippen molar-refractivity contribution < 1.29 is 9.90 Å². The lowest BCUT2D eigenvalue weighted by atomic mass is 10.2. The van der Waals surface area contributed by atoms with Gasteiger partial charge in [-0.05, 0) is 40.6 Å². The van der Waals surface area contributed by atoms with Crippen LogP contribution >= 0.6 is 22.9 Å². The molecule has 5 heteroatoms. The lowest BCUT2D eigenvalue weighted by Crippen LogP contribution is -2.14. The molecule has 2 rings (SSSR count). The number of anilines is 1. The molecule has 1 aromatic heterocycles. The highest BCUT2D eigenvalue weighted by Crippen LogP contribution is 2.23. The SMILES string of the molecule is O=C(Cc1ccsc1)Nc1cc(C#CCCO)ccc1Cl. The van der Waals surface area contributed by atoms with E-state index < -0.39 is 0 Å². The molecule has 0 fully saturated rings. The number of aliphatic hydroxyl groups is 1. The maximum atomic E-state index is 12.0. The molecule has 0 aliphatic carbocycles. The Morgan fingerprint density at radius 1 is 1.38 bits per heavy atom. The van der Waals surface area contributed by atoms with E-state index >= 15 is 0 Å². The number of halogens is 1. The largest absolute Gasteiger partial charge is 0.395 e. The van der Waals surface area contributed by atoms with E-state index in [9.17, 15) is 4.79 Å². The Balaban J connectivity index is 2.06. The summed E-state index contributed by atoms with van der Waals surface area (Å²) in [6.45, 7) is 0.0326. The van der Waals surface area contributed by atoms with Crippen LogP contribution in [0.2, 0.25) is 5.02 Å². The standard InChI is InChI=1S/C16H14ClNO2S/c17-14-5-4-12(3-1-2-7-19)9-15(14)18-16(20)10-13-6-8-21-11-13/h4-6,8-9,11,19H,2,7,10H2,(H,18,20). The van der Waals surface area contributed by atoms with Gasteiger partial charge in [0.25, 0.3) is 0 Å². The molecule has 1 aromatic carbocycles. The van der Waals surface area contributed by atoms with Crippen LogP contribution in [0.1, 0.15) is 17.5 Å². The van der Waals surface area contributed by atoms with Crippen molar-refractivity contribution in [2.75, 3.05) is 11.9 Å². The number of carbonyl (C=O) groups excluding carboxylic acids is 1. The summed E-state index contributed by atoms with van der Waals surface area (Å²) in [5.74, 6) is 5.63. The number of carbonyl (C=O) groups is 1. The summed E-state index contributed by atoms with van der Waals surface area (Å²) in [7, 11) is 0. The summed E-state index contributed by atoms with van der Waals surface area (Å²) in [5, 5.41) is 15.9. The van der Waals surface area contributed by atoms with E-state index in [1.165, 1.54) is 0 Å². The van der Waals surface area contributed by atoms with Crippen LogP contribution in [0.5, 0.6) is 0 Å². The summed E-state index contributed by atoms with van der Waals surface area (Å²) in [6.07, 6.45) is 0.739. The zero-order chi connectivity index (χ0) is 15.1. The molecule has 2 N–H and O–H groups in total. The number of aliphatic hydroxyl groups excluding tert-OH is 1. The Bertz CT molecular complexity index is 671. The molecule has 21 heavy (non-hydrogen) atoms. The monoisotopic (exact) mass is 319 g/mol. The Morgan fingerprint density at radius 3 is 2.95 bits per heavy atom. The molecule has 0 saturated carbocycles. The van der Waals surface area contributed by atoms with Gasteiger partial charge in [0.1, 0.15) is 0 Å². The van der Waals surface area contributed by atoms with Gasteiger partial charge in [-0.15, -0.1) is 0 Å². The Kier molecular flexibility index (Phi) is 5.82. The molecule has 3 nitrogen and oxygen atoms in total. The number of rotatable bonds is 4. The van der Waals surface area contributed by atoms with Crippen molar-refractivity contribution in [1.29, 1.82) is 0 Å². The van der Waals surface area contributed by atoms with Gasteiger partial charge in [-0.3, -0.25) is 4.79 Å². The molecule has 0 spiro atoms. The van der Waals surface area contributed by atoms with Gasteiger partial charge in [0, 0.05) is 12.0 Å². The second kappa shape index (κ2) is 7.84. The minimum Gasteiger partial charge on any atom is -0.395 e. The van der Waals surface area contributed by atoms with Crippen LogP contribution < -0.4 is 5.32 Å². The van der Waals surface area contributed by atoms with E-state index in [4.69, 9.17) is 16.7 Å². The number of nitrogens with one attached hydrogen (secondary N) is 1. The fourth-order valence-electron chi connectivity index (χ4n) is 1.69. The lowest BCUT2D eigenvalue weighted by molar-refractivity contribution is -0.115. The fraction of sp³-hybridized carbons (Fsp3) is 0.188. The van der Waals surface area contributed by atoms with Gasteiger partial charge in [-0.1, -0.05) is 23.4 Å². The van der Waals surface area contributed by atoms with Gasteiger partial charge in [0.15, 0.2) is 0 Å². The van der Waals surface area contributed by atoms with E-state index in [0.717, 1.165) is 11.1 Å². The molecule has 1 heterocycles. The summed E-state index contributed by atoms with van der Waals surface area (Å²) in [5.41, 5.74) is 2.28. The summed E-state index contributed by atoms with van der Waals surface area (Å²) in [4.78, 5) is 12.0. The highest BCUT2D eigenvalue weighted by atomic mass is 35.5. The van der Waals surface area contributed by atoms with Crippen molar-refractivity contribution in [3.05, 3.63) is 51.2 Å². The van der Waals surface area contributed by atoms with Gasteiger partial charge in [-0.25, -0.2) is 0 Å². The normalized spacial score (nSPS) is 9.81. The minimum absolute atomic E-state index is 0.0326. The quantitative estimate of drug-likeness (QED) is 0.849. The van der Waals surface area contributed by atoms with Crippen LogP contribution in [-0.4, -0.2) is 17.6 Å². The van der Waals surface area contributed by atoms with Gasteiger partial charge >= 0.3 is 0 Å². The van der Waals surface area contributed by atoms with E-state index in [1.807, 2.05) is 16.8 Å². The number of amides is 1. The zero-order valence-electron chi connectivity index (χ0n) is 11.2. The average Bonchev–Trinajstić information content (AvgIpc) is 2.95. The molecule has 108 valence electrons. The summed E-state index contributed by atoms with van der Waals surface area (Å²) >= 11 is 7.64. The Morgan fingerprint density at radius 2 is 2.24 bits per heavy atom. The molecule has 0 aliphatic rings. The summed E-state index contributed by atoms with van der Waals surface area (Å²) in [6, 6.07) is 7.13. The minimum atomic E-state index is -0.115. The van der Waals surface area contributed by atoms with E-state index in [0.29, 0.717) is 23.6 Å². The van der Waals surface area contributed by atoms with Crippen molar-refractivity contribution in [2.24, 2.45) is 0 Å². The highest BCUT2D eigenvalue weighted by molar-refractivity contribution is 7.08. The van der Waals surface area contributed by atoms with Crippen molar-refractivity contribution in [2.45, 2.75) is 12.8 Å². The van der Waals surface area contributed by atoms with Crippen LogP contribution in [0.3, 0.4) is 0 Å². The summed E-state index contributed by atoms with van der Waals surface area (Å²) < 4.78 is 0. The predicted octanol–water partition coefficient (Wildman–Crippen LogP) is 3.32. The number of hydrogen-bond donors (Lipinski definition) is 2. The first kappa shape index (κ1) is 15.6. The number of benzene rings is 1. The van der Waals surface area contributed by atoms with Crippen molar-refractivity contribution in [3.63, 3.8) is 0 Å². The van der Waals surface area contributed by atoms with Crippen LogP contribution in [0.25, 0.3) is 0 Å². The van der Waals surface area contributed by atoms with Gasteiger partial charge in [0.05, 0.1) is 23.7 Å². The average molecular weight is 320 g/mol. The van der Waals surface area contributed by atoms with Crippen molar-refractivity contribution in [1.82, 2.24) is 0 Å². The van der Waals surface area contributed by atoms with Crippen LogP contribution in [0.4, 0.5) is 5.69 Å². The smallest absolute Gasteiger partial charge is 0.228 e. The molecule has 0 aliphatic heterocycles. The Labute approximate surface area is 132 Å². The second-order valence-electron chi connectivity index (χ2n) is 4.33. The Hall–Kier alpha value is -1.80. The lowest BCUT2D eigenvalue weighted by Gasteiger charge is -2.07. The molecule has 1 amide bonds. The third-order valence-electron chi connectivity index (χ3n) is 2.65. The van der Waals surface area contributed by atoms with Crippen LogP contribution in [0, 0.1) is 11.8 Å². The molecule has 0 unspecified atom stereocenters. The maximum Gasteiger partial charge on any atom is 0.228 e. The van der Waals surface area contributed by atoms with Crippen molar-refractivity contribution in [3.8, 4) is 11.8 Å². The topological polar surface area (TPSA) is 49.3 Å². The molecule has 0 atom stereocenters. The second-order valence-corrected chi connectivity index (χ2v) is 5.51. The third-order valence-corrected chi connectivity index (χ3v) is 3.72. The molecule has 2 aromatic rings. The number of thiophene rings is 1. The molecule has 0 saturated heterocycles. The molecular weight excluding hydrogens is 306 g/mol.